The van der Waals surface area contributed by atoms with Crippen LogP contribution in [-0.2, 0) is 10.2 Å². The predicted molar refractivity (Wildman–Crippen MR) is 113 cm³/mol. The van der Waals surface area contributed by atoms with Gasteiger partial charge in [0.05, 0.1) is 13.0 Å². The van der Waals surface area contributed by atoms with Crippen molar-refractivity contribution in [2.24, 2.45) is 5.92 Å². The van der Waals surface area contributed by atoms with Gasteiger partial charge in [-0.05, 0) is 55.7 Å². The number of nitrogens with one attached hydrogen (secondary N) is 1. The van der Waals surface area contributed by atoms with E-state index in [0.29, 0.717) is 0 Å². The van der Waals surface area contributed by atoms with Gasteiger partial charge in [-0.2, -0.15) is 0 Å². The molecule has 1 aliphatic rings. The monoisotopic (exact) mass is 371 g/mol. The topological polar surface area (TPSA) is 38.3 Å². The molecule has 1 amide bonds. The summed E-state index contributed by atoms with van der Waals surface area (Å²) in [6.45, 7) is 4.17. The number of anilines is 1. The van der Waals surface area contributed by atoms with Crippen molar-refractivity contribution in [1.82, 2.24) is 0 Å². The lowest BCUT2D eigenvalue weighted by atomic mass is 9.85. The van der Waals surface area contributed by atoms with Crippen molar-refractivity contribution < 1.29 is 9.53 Å². The van der Waals surface area contributed by atoms with Gasteiger partial charge in [-0.3, -0.25) is 4.79 Å². The van der Waals surface area contributed by atoms with Crippen LogP contribution in [0.2, 0.25) is 0 Å². The van der Waals surface area contributed by atoms with Crippen molar-refractivity contribution in [1.29, 1.82) is 0 Å². The Balaban J connectivity index is 1.63. The zero-order chi connectivity index (χ0) is 19.7. The molecule has 1 fully saturated rings. The number of ether oxygens (including phenoxy) is 1. The summed E-state index contributed by atoms with van der Waals surface area (Å²) in [5, 5.41) is 3.08. The molecule has 0 radical (unpaired) electrons. The lowest BCUT2D eigenvalue weighted by Crippen LogP contribution is -2.22. The summed E-state index contributed by atoms with van der Waals surface area (Å²) < 4.78 is 5.19. The van der Waals surface area contributed by atoms with Crippen molar-refractivity contribution in [3.05, 3.63) is 95.1 Å². The third-order valence-electron chi connectivity index (χ3n) is 5.77. The van der Waals surface area contributed by atoms with E-state index in [9.17, 15) is 4.79 Å². The molecule has 1 atom stereocenters. The van der Waals surface area contributed by atoms with Crippen LogP contribution in [0.15, 0.2) is 72.8 Å². The summed E-state index contributed by atoms with van der Waals surface area (Å²) >= 11 is 0. The van der Waals surface area contributed by atoms with Gasteiger partial charge in [-0.25, -0.2) is 0 Å². The Labute approximate surface area is 166 Å². The molecule has 0 bridgehead atoms. The maximum absolute atomic E-state index is 13.1. The van der Waals surface area contributed by atoms with Gasteiger partial charge in [0.25, 0.3) is 0 Å². The van der Waals surface area contributed by atoms with E-state index in [0.717, 1.165) is 17.9 Å². The number of hydrogen-bond acceptors (Lipinski definition) is 2. The number of hydrogen-bond donors (Lipinski definition) is 1. The van der Waals surface area contributed by atoms with Gasteiger partial charge in [0.15, 0.2) is 0 Å². The van der Waals surface area contributed by atoms with Crippen LogP contribution in [0, 0.1) is 19.8 Å². The van der Waals surface area contributed by atoms with Gasteiger partial charge in [-0.1, -0.05) is 59.7 Å². The minimum Gasteiger partial charge on any atom is -0.497 e. The highest BCUT2D eigenvalue weighted by molar-refractivity contribution is 5.97. The molecule has 0 spiro atoms. The Morgan fingerprint density at radius 2 is 1.36 bits per heavy atom. The SMILES string of the molecule is COc1ccc(NC(=O)C2CC2(c2ccc(C)cc2)c2ccc(C)cc2)cc1. The van der Waals surface area contributed by atoms with Crippen LogP contribution in [0.5, 0.6) is 5.75 Å². The molecule has 3 aromatic rings. The van der Waals surface area contributed by atoms with E-state index in [2.05, 4.69) is 67.7 Å². The number of carbonyl (C=O) groups is 1. The van der Waals surface area contributed by atoms with Crippen molar-refractivity contribution in [2.75, 3.05) is 12.4 Å². The van der Waals surface area contributed by atoms with Gasteiger partial charge in [-0.15, -0.1) is 0 Å². The van der Waals surface area contributed by atoms with E-state index >= 15 is 0 Å². The van der Waals surface area contributed by atoms with Crippen LogP contribution in [0.4, 0.5) is 5.69 Å². The fraction of sp³-hybridized carbons (Fsp3) is 0.240. The van der Waals surface area contributed by atoms with Crippen LogP contribution >= 0.6 is 0 Å². The van der Waals surface area contributed by atoms with Crippen LogP contribution in [0.1, 0.15) is 28.7 Å². The van der Waals surface area contributed by atoms with E-state index in [-0.39, 0.29) is 17.2 Å². The summed E-state index contributed by atoms with van der Waals surface area (Å²) in [5.41, 5.74) is 5.40. The quantitative estimate of drug-likeness (QED) is 0.665. The van der Waals surface area contributed by atoms with E-state index in [4.69, 9.17) is 4.74 Å². The van der Waals surface area contributed by atoms with E-state index in [1.807, 2.05) is 24.3 Å². The van der Waals surface area contributed by atoms with E-state index < -0.39 is 0 Å². The summed E-state index contributed by atoms with van der Waals surface area (Å²) in [4.78, 5) is 13.1. The molecular formula is C25H25NO2. The minimum absolute atomic E-state index is 0.0614. The summed E-state index contributed by atoms with van der Waals surface area (Å²) in [7, 11) is 1.63. The normalized spacial score (nSPS) is 17.0. The Hall–Kier alpha value is -3.07. The fourth-order valence-corrected chi connectivity index (χ4v) is 3.99. The molecule has 0 aliphatic heterocycles. The first-order valence-corrected chi connectivity index (χ1v) is 9.62. The third kappa shape index (κ3) is 3.29. The van der Waals surface area contributed by atoms with Crippen molar-refractivity contribution in [3.63, 3.8) is 0 Å². The third-order valence-corrected chi connectivity index (χ3v) is 5.77. The summed E-state index contributed by atoms with van der Waals surface area (Å²) in [6.07, 6.45) is 0.821. The molecule has 142 valence electrons. The summed E-state index contributed by atoms with van der Waals surface area (Å²) in [5.74, 6) is 0.754. The first-order chi connectivity index (χ1) is 13.5. The van der Waals surface area contributed by atoms with Crippen molar-refractivity contribution >= 4 is 11.6 Å². The van der Waals surface area contributed by atoms with Crippen LogP contribution in [0.3, 0.4) is 0 Å². The highest BCUT2D eigenvalue weighted by Crippen LogP contribution is 2.59. The highest BCUT2D eigenvalue weighted by Gasteiger charge is 2.60. The zero-order valence-electron chi connectivity index (χ0n) is 16.5. The van der Waals surface area contributed by atoms with Crippen LogP contribution < -0.4 is 10.1 Å². The smallest absolute Gasteiger partial charge is 0.228 e. The second-order valence-electron chi connectivity index (χ2n) is 7.68. The second kappa shape index (κ2) is 7.16. The van der Waals surface area contributed by atoms with Gasteiger partial charge in [0.1, 0.15) is 5.75 Å². The molecule has 0 aromatic heterocycles. The zero-order valence-corrected chi connectivity index (χ0v) is 16.5. The largest absolute Gasteiger partial charge is 0.497 e. The molecule has 1 unspecified atom stereocenters. The Bertz CT molecular complexity index is 927. The first kappa shape index (κ1) is 18.3. The number of rotatable bonds is 5. The van der Waals surface area contributed by atoms with Crippen LogP contribution in [0.25, 0.3) is 0 Å². The summed E-state index contributed by atoms with van der Waals surface area (Å²) in [6, 6.07) is 24.6. The van der Waals surface area contributed by atoms with E-state index in [1.54, 1.807) is 7.11 Å². The molecule has 0 saturated heterocycles. The standard InChI is InChI=1S/C25H25NO2/c1-17-4-8-19(9-5-17)25(20-10-6-18(2)7-11-20)16-23(25)24(27)26-21-12-14-22(28-3)15-13-21/h4-15,23H,16H2,1-3H3,(H,26,27). The number of carbonyl (C=O) groups excluding carboxylic acids is 1. The van der Waals surface area contributed by atoms with Gasteiger partial charge >= 0.3 is 0 Å². The first-order valence-electron chi connectivity index (χ1n) is 9.62. The molecule has 1 saturated carbocycles. The van der Waals surface area contributed by atoms with Crippen molar-refractivity contribution in [3.8, 4) is 5.75 Å². The van der Waals surface area contributed by atoms with Crippen LogP contribution in [-0.4, -0.2) is 13.0 Å². The molecule has 4 rings (SSSR count). The molecule has 3 aromatic carbocycles. The average Bonchev–Trinajstić information content (AvgIpc) is 3.47. The molecule has 1 aliphatic carbocycles. The highest BCUT2D eigenvalue weighted by atomic mass is 16.5. The lowest BCUT2D eigenvalue weighted by molar-refractivity contribution is -0.117. The van der Waals surface area contributed by atoms with E-state index in [1.165, 1.54) is 22.3 Å². The Morgan fingerprint density at radius 1 is 0.857 bits per heavy atom. The fourth-order valence-electron chi connectivity index (χ4n) is 3.99. The second-order valence-corrected chi connectivity index (χ2v) is 7.68. The average molecular weight is 371 g/mol. The molecular weight excluding hydrogens is 346 g/mol. The maximum atomic E-state index is 13.1. The molecule has 0 heterocycles. The number of aryl methyl sites for hydroxylation is 2. The number of methoxy groups -OCH3 is 1. The lowest BCUT2D eigenvalue weighted by Gasteiger charge is -2.19. The number of benzene rings is 3. The van der Waals surface area contributed by atoms with Crippen molar-refractivity contribution in [2.45, 2.75) is 25.7 Å². The maximum Gasteiger partial charge on any atom is 0.228 e. The molecule has 1 N–H and O–H groups in total. The van der Waals surface area contributed by atoms with Gasteiger partial charge in [0.2, 0.25) is 5.91 Å². The molecule has 28 heavy (non-hydrogen) atoms. The van der Waals surface area contributed by atoms with Gasteiger partial charge in [0, 0.05) is 11.1 Å². The number of amides is 1. The Morgan fingerprint density at radius 3 is 1.82 bits per heavy atom. The Kier molecular flexibility index (Phi) is 4.68. The predicted octanol–water partition coefficient (Wildman–Crippen LogP) is 5.26. The molecule has 3 nitrogen and oxygen atoms in total. The minimum atomic E-state index is -0.252. The molecule has 3 heteroatoms. The van der Waals surface area contributed by atoms with Gasteiger partial charge < -0.3 is 10.1 Å².